The lowest BCUT2D eigenvalue weighted by Gasteiger charge is -2.45. The summed E-state index contributed by atoms with van der Waals surface area (Å²) in [7, 11) is 0. The zero-order valence-corrected chi connectivity index (χ0v) is 23.2. The number of amides is 4. The first kappa shape index (κ1) is 30.9. The number of carbonyl (C=O) groups excluding carboxylic acids is 4. The Morgan fingerprint density at radius 1 is 0.972 bits per heavy atom. The van der Waals surface area contributed by atoms with Crippen molar-refractivity contribution in [2.45, 2.75) is 110 Å². The van der Waals surface area contributed by atoms with Gasteiger partial charge in [0.25, 0.3) is 0 Å². The topological polar surface area (TPSA) is 131 Å². The molecule has 0 bridgehead atoms. The van der Waals surface area contributed by atoms with Gasteiger partial charge >= 0.3 is 6.09 Å². The van der Waals surface area contributed by atoms with Crippen molar-refractivity contribution in [1.82, 2.24) is 15.5 Å². The van der Waals surface area contributed by atoms with Crippen molar-refractivity contribution in [3.05, 3.63) is 35.9 Å². The van der Waals surface area contributed by atoms with E-state index in [-0.39, 0.29) is 18.7 Å². The van der Waals surface area contributed by atoms with Gasteiger partial charge in [0.2, 0.25) is 17.7 Å². The quantitative estimate of drug-likeness (QED) is 0.446. The van der Waals surface area contributed by atoms with Crippen molar-refractivity contribution >= 4 is 23.8 Å². The van der Waals surface area contributed by atoms with E-state index in [1.807, 2.05) is 47.6 Å². The molecule has 0 aliphatic heterocycles. The Labute approximate surface area is 215 Å². The first-order chi connectivity index (χ1) is 16.4. The SMILES string of the molecule is CCC(C)(C)N(C(=O)C(CCC(N)=O)NC(=O)OC(C)(C)C)C(C(=O)NC(C)(C)C)c1ccccc1. The summed E-state index contributed by atoms with van der Waals surface area (Å²) < 4.78 is 5.36. The molecule has 0 heterocycles. The number of nitrogens with two attached hydrogens (primary N) is 1. The average Bonchev–Trinajstić information content (AvgIpc) is 2.72. The molecule has 4 N–H and O–H groups in total. The van der Waals surface area contributed by atoms with E-state index in [1.165, 1.54) is 4.90 Å². The van der Waals surface area contributed by atoms with Crippen molar-refractivity contribution in [3.63, 3.8) is 0 Å². The maximum atomic E-state index is 14.2. The lowest BCUT2D eigenvalue weighted by Crippen LogP contribution is -2.60. The molecule has 9 heteroatoms. The average molecular weight is 505 g/mol. The van der Waals surface area contributed by atoms with Crippen LogP contribution in [0.3, 0.4) is 0 Å². The molecule has 0 aliphatic rings. The summed E-state index contributed by atoms with van der Waals surface area (Å²) in [6.07, 6.45) is -0.432. The van der Waals surface area contributed by atoms with E-state index in [1.54, 1.807) is 45.0 Å². The van der Waals surface area contributed by atoms with Crippen LogP contribution in [-0.4, -0.2) is 51.4 Å². The summed E-state index contributed by atoms with van der Waals surface area (Å²) >= 11 is 0. The van der Waals surface area contributed by atoms with Crippen molar-refractivity contribution in [3.8, 4) is 0 Å². The van der Waals surface area contributed by atoms with E-state index in [0.29, 0.717) is 12.0 Å². The van der Waals surface area contributed by atoms with Crippen LogP contribution >= 0.6 is 0 Å². The zero-order valence-electron chi connectivity index (χ0n) is 23.2. The third-order valence-electron chi connectivity index (χ3n) is 5.54. The van der Waals surface area contributed by atoms with Crippen LogP contribution in [0.5, 0.6) is 0 Å². The third kappa shape index (κ3) is 9.87. The predicted molar refractivity (Wildman–Crippen MR) is 140 cm³/mol. The van der Waals surface area contributed by atoms with E-state index in [2.05, 4.69) is 10.6 Å². The number of benzene rings is 1. The van der Waals surface area contributed by atoms with Crippen LogP contribution in [0, 0.1) is 0 Å². The van der Waals surface area contributed by atoms with Gasteiger partial charge in [0, 0.05) is 17.5 Å². The summed E-state index contributed by atoms with van der Waals surface area (Å²) in [4.78, 5) is 53.5. The van der Waals surface area contributed by atoms with Gasteiger partial charge in [-0.3, -0.25) is 14.4 Å². The van der Waals surface area contributed by atoms with Gasteiger partial charge in [-0.15, -0.1) is 0 Å². The molecule has 9 nitrogen and oxygen atoms in total. The highest BCUT2D eigenvalue weighted by atomic mass is 16.6. The Morgan fingerprint density at radius 3 is 1.97 bits per heavy atom. The van der Waals surface area contributed by atoms with Crippen molar-refractivity contribution in [2.24, 2.45) is 5.73 Å². The monoisotopic (exact) mass is 504 g/mol. The summed E-state index contributed by atoms with van der Waals surface area (Å²) in [6.45, 7) is 16.4. The summed E-state index contributed by atoms with van der Waals surface area (Å²) in [6, 6.07) is 6.91. The maximum Gasteiger partial charge on any atom is 0.408 e. The fraction of sp³-hybridized carbons (Fsp3) is 0.630. The van der Waals surface area contributed by atoms with Crippen LogP contribution in [0.4, 0.5) is 4.79 Å². The molecule has 0 saturated carbocycles. The first-order valence-corrected chi connectivity index (χ1v) is 12.4. The van der Waals surface area contributed by atoms with Gasteiger partial charge in [-0.05, 0) is 73.8 Å². The molecular weight excluding hydrogens is 460 g/mol. The molecule has 4 amide bonds. The highest BCUT2D eigenvalue weighted by Gasteiger charge is 2.43. The molecule has 0 aliphatic carbocycles. The fourth-order valence-corrected chi connectivity index (χ4v) is 3.60. The summed E-state index contributed by atoms with van der Waals surface area (Å²) in [5.74, 6) is -1.47. The van der Waals surface area contributed by atoms with Gasteiger partial charge in [0.05, 0.1) is 0 Å². The van der Waals surface area contributed by atoms with Crippen molar-refractivity contribution < 1.29 is 23.9 Å². The van der Waals surface area contributed by atoms with E-state index in [0.717, 1.165) is 0 Å². The Hall–Kier alpha value is -3.10. The minimum atomic E-state index is -1.13. The Kier molecular flexibility index (Phi) is 10.5. The molecule has 1 rings (SSSR count). The van der Waals surface area contributed by atoms with E-state index in [9.17, 15) is 19.2 Å². The van der Waals surface area contributed by atoms with Gasteiger partial charge in [-0.1, -0.05) is 37.3 Å². The zero-order chi connectivity index (χ0) is 27.9. The van der Waals surface area contributed by atoms with Gasteiger partial charge in [0.15, 0.2) is 0 Å². The molecule has 2 unspecified atom stereocenters. The maximum absolute atomic E-state index is 14.2. The number of hydrogen-bond acceptors (Lipinski definition) is 5. The van der Waals surface area contributed by atoms with Crippen LogP contribution in [0.25, 0.3) is 0 Å². The second kappa shape index (κ2) is 12.2. The smallest absolute Gasteiger partial charge is 0.408 e. The first-order valence-electron chi connectivity index (χ1n) is 12.4. The predicted octanol–water partition coefficient (Wildman–Crippen LogP) is 3.82. The van der Waals surface area contributed by atoms with Crippen LogP contribution in [0.1, 0.15) is 93.2 Å². The minimum absolute atomic E-state index is 0.0356. The lowest BCUT2D eigenvalue weighted by molar-refractivity contribution is -0.150. The molecule has 0 fully saturated rings. The van der Waals surface area contributed by atoms with E-state index >= 15 is 0 Å². The van der Waals surface area contributed by atoms with E-state index in [4.69, 9.17) is 10.5 Å². The molecule has 2 atom stereocenters. The van der Waals surface area contributed by atoms with Gasteiger partial charge < -0.3 is 26.0 Å². The molecule has 0 saturated heterocycles. The van der Waals surface area contributed by atoms with Crippen LogP contribution in [-0.2, 0) is 19.1 Å². The standard InChI is InChI=1S/C27H44N4O5/c1-10-27(8,9)31(21(18-14-12-11-13-15-18)22(33)30-25(2,3)4)23(34)19(16-17-20(28)32)29-24(35)36-26(5,6)7/h11-15,19,21H,10,16-17H2,1-9H3,(H2,28,32)(H,29,35)(H,30,33). The van der Waals surface area contributed by atoms with Gasteiger partial charge in [0.1, 0.15) is 17.7 Å². The number of ether oxygens (including phenoxy) is 1. The third-order valence-corrected chi connectivity index (χ3v) is 5.54. The normalized spacial score (nSPS) is 13.8. The fourth-order valence-electron chi connectivity index (χ4n) is 3.60. The molecule has 1 aromatic rings. The summed E-state index contributed by atoms with van der Waals surface area (Å²) in [5.41, 5.74) is 3.86. The molecule has 0 radical (unpaired) electrons. The van der Waals surface area contributed by atoms with Crippen LogP contribution in [0.15, 0.2) is 30.3 Å². The number of carbonyl (C=O) groups is 4. The number of rotatable bonds is 10. The Bertz CT molecular complexity index is 916. The molecule has 202 valence electrons. The van der Waals surface area contributed by atoms with Gasteiger partial charge in [-0.2, -0.15) is 0 Å². The van der Waals surface area contributed by atoms with Crippen LogP contribution in [0.2, 0.25) is 0 Å². The number of primary amides is 1. The molecule has 36 heavy (non-hydrogen) atoms. The minimum Gasteiger partial charge on any atom is -0.444 e. The second-order valence-electron chi connectivity index (χ2n) is 11.6. The largest absolute Gasteiger partial charge is 0.444 e. The molecule has 1 aromatic carbocycles. The molecule has 0 spiro atoms. The molecular formula is C27H44N4O5. The summed E-state index contributed by atoms with van der Waals surface area (Å²) in [5, 5.41) is 5.60. The highest BCUT2D eigenvalue weighted by Crippen LogP contribution is 2.33. The van der Waals surface area contributed by atoms with Crippen molar-refractivity contribution in [2.75, 3.05) is 0 Å². The number of nitrogens with one attached hydrogen (secondary N) is 2. The number of hydrogen-bond donors (Lipinski definition) is 3. The Morgan fingerprint density at radius 2 is 1.53 bits per heavy atom. The second-order valence-corrected chi connectivity index (χ2v) is 11.6. The number of alkyl carbamates (subject to hydrolysis) is 1. The van der Waals surface area contributed by atoms with Crippen molar-refractivity contribution in [1.29, 1.82) is 0 Å². The van der Waals surface area contributed by atoms with Crippen LogP contribution < -0.4 is 16.4 Å². The lowest BCUT2D eigenvalue weighted by atomic mass is 9.91. The highest BCUT2D eigenvalue weighted by molar-refractivity contribution is 5.93. The van der Waals surface area contributed by atoms with E-state index < -0.39 is 46.7 Å². The van der Waals surface area contributed by atoms with Gasteiger partial charge in [-0.25, -0.2) is 4.79 Å². The Balaban J connectivity index is 3.62. The number of nitrogens with zero attached hydrogens (tertiary/aromatic N) is 1. The molecule has 0 aromatic heterocycles.